The molecular weight excluding hydrogens is 746 g/mol. The number of anilines is 2. The maximum Gasteiger partial charge on any atom is 0.262 e. The third-order valence-electron chi connectivity index (χ3n) is 12.9. The molecule has 5 heterocycles. The maximum atomic E-state index is 13.7. The van der Waals surface area contributed by atoms with Gasteiger partial charge in [-0.05, 0) is 92.6 Å². The summed E-state index contributed by atoms with van der Waals surface area (Å²) in [5, 5.41) is 11.8. The van der Waals surface area contributed by atoms with Crippen molar-refractivity contribution < 1.29 is 28.7 Å². The van der Waals surface area contributed by atoms with E-state index in [2.05, 4.69) is 38.2 Å². The number of hydrogen-bond acceptors (Lipinski definition) is 10. The van der Waals surface area contributed by atoms with E-state index in [-0.39, 0.29) is 36.8 Å². The summed E-state index contributed by atoms with van der Waals surface area (Å²) in [5.41, 5.74) is 3.73. The highest BCUT2D eigenvalue weighted by Crippen LogP contribution is 2.41. The van der Waals surface area contributed by atoms with Crippen LogP contribution in [0.3, 0.4) is 0 Å². The van der Waals surface area contributed by atoms with Crippen LogP contribution in [0, 0.1) is 23.2 Å². The quantitative estimate of drug-likeness (QED) is 0.328. The molecule has 5 aliphatic heterocycles. The van der Waals surface area contributed by atoms with Gasteiger partial charge in [-0.2, -0.15) is 5.26 Å². The van der Waals surface area contributed by atoms with E-state index in [9.17, 15) is 29.2 Å². The molecule has 3 aromatic carbocycles. The molecule has 294 valence electrons. The Morgan fingerprint density at radius 2 is 1.53 bits per heavy atom. The standard InChI is InChI=1S/C43H44ClN7O6/c44-35-22-32(8-3-28(35)23-45)57-39-29-4-10-36(39)50(25-29)41(54)27-1-5-30(6-2-27)49-19-17-47(18-20-49)24-26-13-15-48(16-14-26)31-7-9-33-34(21-31)43(56)51(42(33)55)37-11-12-38(52)46-40(37)53/h1-3,5-9,21-22,26,29,36-37,39H,4,10-20,24-25H2,(H,46,52,53). The number of nitrogens with zero attached hydrogens (tertiary/aromatic N) is 6. The van der Waals surface area contributed by atoms with Crippen LogP contribution in [-0.4, -0.2) is 115 Å². The first-order chi connectivity index (χ1) is 27.6. The molecule has 6 aliphatic rings. The topological polar surface area (TPSA) is 147 Å². The van der Waals surface area contributed by atoms with Gasteiger partial charge in [0.15, 0.2) is 0 Å². The van der Waals surface area contributed by atoms with Gasteiger partial charge in [-0.1, -0.05) is 11.6 Å². The minimum Gasteiger partial charge on any atom is -0.488 e. The van der Waals surface area contributed by atoms with Gasteiger partial charge in [0.2, 0.25) is 11.8 Å². The number of carbonyl (C=O) groups is 5. The zero-order chi connectivity index (χ0) is 39.4. The average molecular weight is 790 g/mol. The Labute approximate surface area is 336 Å². The van der Waals surface area contributed by atoms with Crippen molar-refractivity contribution in [2.24, 2.45) is 11.8 Å². The van der Waals surface area contributed by atoms with E-state index in [1.54, 1.807) is 30.3 Å². The Morgan fingerprint density at radius 1 is 0.807 bits per heavy atom. The average Bonchev–Trinajstić information content (AvgIpc) is 3.86. The first-order valence-electron chi connectivity index (χ1n) is 20.0. The summed E-state index contributed by atoms with van der Waals surface area (Å²) in [5.74, 6) is -0.473. The van der Waals surface area contributed by atoms with E-state index in [1.165, 1.54) is 0 Å². The lowest BCUT2D eigenvalue weighted by Gasteiger charge is -2.40. The third kappa shape index (κ3) is 6.99. The Kier molecular flexibility index (Phi) is 9.86. The molecule has 4 unspecified atom stereocenters. The smallest absolute Gasteiger partial charge is 0.262 e. The molecule has 0 radical (unpaired) electrons. The molecule has 1 N–H and O–H groups in total. The normalized spacial score (nSPS) is 25.2. The van der Waals surface area contributed by atoms with Gasteiger partial charge in [-0.25, -0.2) is 0 Å². The molecule has 3 aromatic rings. The van der Waals surface area contributed by atoms with Crippen LogP contribution < -0.4 is 19.9 Å². The van der Waals surface area contributed by atoms with Gasteiger partial charge >= 0.3 is 0 Å². The summed E-state index contributed by atoms with van der Waals surface area (Å²) in [6.45, 7) is 7.18. The second-order valence-electron chi connectivity index (χ2n) is 16.1. The Balaban J connectivity index is 0.737. The van der Waals surface area contributed by atoms with E-state index >= 15 is 0 Å². The summed E-state index contributed by atoms with van der Waals surface area (Å²) in [6.07, 6.45) is 4.12. The number of rotatable bonds is 8. The summed E-state index contributed by atoms with van der Waals surface area (Å²) < 4.78 is 6.34. The van der Waals surface area contributed by atoms with Gasteiger partial charge in [-0.15, -0.1) is 0 Å². The lowest BCUT2D eigenvalue weighted by atomic mass is 9.95. The predicted octanol–water partition coefficient (Wildman–Crippen LogP) is 4.33. The molecule has 5 amide bonds. The highest BCUT2D eigenvalue weighted by atomic mass is 35.5. The molecule has 0 aromatic heterocycles. The number of fused-ring (bicyclic) bond motifs is 3. The minimum atomic E-state index is -0.970. The second-order valence-corrected chi connectivity index (χ2v) is 16.5. The predicted molar refractivity (Wildman–Crippen MR) is 211 cm³/mol. The Hall–Kier alpha value is -5.45. The van der Waals surface area contributed by atoms with Crippen molar-refractivity contribution in [3.8, 4) is 11.8 Å². The van der Waals surface area contributed by atoms with Crippen LogP contribution in [0.1, 0.15) is 75.2 Å². The number of hydrogen-bond donors (Lipinski definition) is 1. The number of likely N-dealkylation sites (tertiary alicyclic amines) is 1. The van der Waals surface area contributed by atoms with Crippen LogP contribution in [0.2, 0.25) is 5.02 Å². The van der Waals surface area contributed by atoms with E-state index in [0.717, 1.165) is 87.8 Å². The zero-order valence-corrected chi connectivity index (χ0v) is 32.3. The van der Waals surface area contributed by atoms with Crippen LogP contribution in [0.5, 0.6) is 5.75 Å². The number of piperazine rings is 1. The number of piperidine rings is 3. The van der Waals surface area contributed by atoms with Crippen molar-refractivity contribution in [2.75, 3.05) is 62.2 Å². The van der Waals surface area contributed by atoms with Gasteiger partial charge in [0.05, 0.1) is 27.8 Å². The molecule has 57 heavy (non-hydrogen) atoms. The van der Waals surface area contributed by atoms with Crippen LogP contribution in [0.25, 0.3) is 0 Å². The summed E-state index contributed by atoms with van der Waals surface area (Å²) in [7, 11) is 0. The molecule has 13 nitrogen and oxygen atoms in total. The zero-order valence-electron chi connectivity index (χ0n) is 31.6. The summed E-state index contributed by atoms with van der Waals surface area (Å²) in [6, 6.07) is 19.6. The Morgan fingerprint density at radius 3 is 2.25 bits per heavy atom. The third-order valence-corrected chi connectivity index (χ3v) is 13.2. The molecule has 2 bridgehead atoms. The molecule has 9 rings (SSSR count). The summed E-state index contributed by atoms with van der Waals surface area (Å²) >= 11 is 6.24. The van der Waals surface area contributed by atoms with Crippen LogP contribution in [-0.2, 0) is 9.59 Å². The number of nitriles is 1. The number of halogens is 1. The molecule has 5 fully saturated rings. The second kappa shape index (κ2) is 15.1. The fraction of sp³-hybridized carbons (Fsp3) is 0.442. The number of benzene rings is 3. The van der Waals surface area contributed by atoms with Crippen molar-refractivity contribution in [3.05, 3.63) is 87.9 Å². The number of carbonyl (C=O) groups excluding carboxylic acids is 5. The van der Waals surface area contributed by atoms with Crippen molar-refractivity contribution in [1.29, 1.82) is 5.26 Å². The van der Waals surface area contributed by atoms with Gasteiger partial charge in [0.1, 0.15) is 24.0 Å². The van der Waals surface area contributed by atoms with Crippen molar-refractivity contribution in [3.63, 3.8) is 0 Å². The molecule has 1 aliphatic carbocycles. The van der Waals surface area contributed by atoms with E-state index in [1.807, 2.05) is 23.1 Å². The molecule has 14 heteroatoms. The Bertz CT molecular complexity index is 2170. The molecule has 4 atom stereocenters. The lowest BCUT2D eigenvalue weighted by molar-refractivity contribution is -0.136. The van der Waals surface area contributed by atoms with Gasteiger partial charge in [0.25, 0.3) is 17.7 Å². The van der Waals surface area contributed by atoms with E-state index < -0.39 is 29.7 Å². The number of imide groups is 2. The molecular formula is C43H44ClN7O6. The fourth-order valence-corrected chi connectivity index (χ4v) is 9.95. The SMILES string of the molecule is N#Cc1ccc(OC2C3CCC2N(C(=O)c2ccc(N4CCN(CC5CCN(c6ccc7c(c6)C(=O)N(C6CCC(=O)NC6=O)C7=O)CC5)CC4)cc2)C3)cc1Cl. The maximum absolute atomic E-state index is 13.7. The van der Waals surface area contributed by atoms with Crippen molar-refractivity contribution >= 4 is 52.5 Å². The monoisotopic (exact) mass is 789 g/mol. The van der Waals surface area contributed by atoms with Crippen LogP contribution in [0.4, 0.5) is 11.4 Å². The van der Waals surface area contributed by atoms with Gasteiger partial charge in [0, 0.05) is 87.7 Å². The first kappa shape index (κ1) is 37.1. The van der Waals surface area contributed by atoms with E-state index in [4.69, 9.17) is 16.3 Å². The minimum absolute atomic E-state index is 0.00787. The molecule has 1 saturated carbocycles. The van der Waals surface area contributed by atoms with Crippen LogP contribution in [0.15, 0.2) is 60.7 Å². The summed E-state index contributed by atoms with van der Waals surface area (Å²) in [4.78, 5) is 74.4. The highest BCUT2D eigenvalue weighted by molar-refractivity contribution is 6.31. The first-order valence-corrected chi connectivity index (χ1v) is 20.4. The fourth-order valence-electron chi connectivity index (χ4n) is 9.73. The largest absolute Gasteiger partial charge is 0.488 e. The number of nitrogens with one attached hydrogen (secondary N) is 1. The van der Waals surface area contributed by atoms with Crippen molar-refractivity contribution in [1.82, 2.24) is 20.0 Å². The van der Waals surface area contributed by atoms with Crippen LogP contribution >= 0.6 is 11.6 Å². The molecule has 0 spiro atoms. The van der Waals surface area contributed by atoms with Gasteiger partial charge in [-0.3, -0.25) is 39.1 Å². The van der Waals surface area contributed by atoms with Gasteiger partial charge < -0.3 is 19.4 Å². The number of amides is 5. The van der Waals surface area contributed by atoms with E-state index in [0.29, 0.717) is 45.5 Å². The lowest BCUT2D eigenvalue weighted by Crippen LogP contribution is -2.54. The van der Waals surface area contributed by atoms with Crippen molar-refractivity contribution in [2.45, 2.75) is 56.7 Å². The highest BCUT2D eigenvalue weighted by Gasteiger charge is 2.50. The molecule has 4 saturated heterocycles. The number of ether oxygens (including phenoxy) is 1.